The first-order chi connectivity index (χ1) is 14.8. The van der Waals surface area contributed by atoms with E-state index in [0.717, 1.165) is 24.1 Å². The molecule has 6 nitrogen and oxygen atoms in total. The first kappa shape index (κ1) is 21.8. The fraction of sp³-hybridized carbons (Fsp3) is 0.542. The third-order valence-corrected chi connectivity index (χ3v) is 7.11. The van der Waals surface area contributed by atoms with E-state index in [1.807, 2.05) is 23.6 Å². The zero-order valence-electron chi connectivity index (χ0n) is 18.5. The first-order valence-electron chi connectivity index (χ1n) is 11.0. The number of fused-ring (bicyclic) bond motifs is 1. The monoisotopic (exact) mass is 442 g/mol. The molecule has 1 saturated carbocycles. The third kappa shape index (κ3) is 4.47. The summed E-state index contributed by atoms with van der Waals surface area (Å²) in [4.78, 5) is 31.9. The van der Waals surface area contributed by atoms with Gasteiger partial charge in [-0.1, -0.05) is 27.2 Å². The molecule has 0 bridgehead atoms. The van der Waals surface area contributed by atoms with Gasteiger partial charge in [0.2, 0.25) is 0 Å². The van der Waals surface area contributed by atoms with Crippen molar-refractivity contribution < 1.29 is 19.1 Å². The van der Waals surface area contributed by atoms with Crippen molar-refractivity contribution in [1.82, 2.24) is 4.98 Å². The summed E-state index contributed by atoms with van der Waals surface area (Å²) < 4.78 is 11.7. The molecular weight excluding hydrogens is 412 g/mol. The second-order valence-corrected chi connectivity index (χ2v) is 9.80. The minimum absolute atomic E-state index is 0.0876. The van der Waals surface area contributed by atoms with E-state index in [1.165, 1.54) is 22.7 Å². The van der Waals surface area contributed by atoms with Crippen LogP contribution in [0.3, 0.4) is 0 Å². The van der Waals surface area contributed by atoms with Crippen LogP contribution < -0.4 is 9.64 Å². The van der Waals surface area contributed by atoms with Crippen LogP contribution in [0.1, 0.15) is 47.0 Å². The number of benzene rings is 1. The lowest BCUT2D eigenvalue weighted by Crippen LogP contribution is -2.50. The van der Waals surface area contributed by atoms with E-state index in [-0.39, 0.29) is 24.6 Å². The van der Waals surface area contributed by atoms with E-state index in [1.54, 1.807) is 12.4 Å². The van der Waals surface area contributed by atoms with Gasteiger partial charge < -0.3 is 9.47 Å². The summed E-state index contributed by atoms with van der Waals surface area (Å²) in [5.74, 6) is 1.33. The van der Waals surface area contributed by atoms with E-state index >= 15 is 0 Å². The van der Waals surface area contributed by atoms with Gasteiger partial charge in [-0.2, -0.15) is 0 Å². The molecule has 4 rings (SSSR count). The van der Waals surface area contributed by atoms with Gasteiger partial charge >= 0.3 is 5.97 Å². The molecule has 0 saturated heterocycles. The second kappa shape index (κ2) is 8.99. The van der Waals surface area contributed by atoms with Crippen molar-refractivity contribution in [2.24, 2.45) is 17.8 Å². The number of hydrogen-bond donors (Lipinski definition) is 0. The Morgan fingerprint density at radius 1 is 1.29 bits per heavy atom. The molecule has 0 radical (unpaired) electrons. The molecule has 7 heteroatoms. The Bertz CT molecular complexity index is 943. The predicted octanol–water partition coefficient (Wildman–Crippen LogP) is 4.93. The van der Waals surface area contributed by atoms with Crippen molar-refractivity contribution in [3.05, 3.63) is 29.1 Å². The molecule has 31 heavy (non-hydrogen) atoms. The minimum atomic E-state index is -0.731. The number of nitrogens with zero attached hydrogens (tertiary/aromatic N) is 2. The van der Waals surface area contributed by atoms with Gasteiger partial charge in [0.1, 0.15) is 17.9 Å². The minimum Gasteiger partial charge on any atom is -0.482 e. The van der Waals surface area contributed by atoms with Gasteiger partial charge in [-0.15, -0.1) is 11.3 Å². The highest BCUT2D eigenvalue weighted by atomic mass is 32.1. The molecule has 1 amide bonds. The summed E-state index contributed by atoms with van der Waals surface area (Å²) in [5, 5.41) is 1.95. The molecule has 2 heterocycles. The highest BCUT2D eigenvalue weighted by molar-refractivity contribution is 7.07. The second-order valence-electron chi connectivity index (χ2n) is 9.09. The van der Waals surface area contributed by atoms with E-state index in [0.29, 0.717) is 29.2 Å². The highest BCUT2D eigenvalue weighted by Crippen LogP contribution is 2.39. The summed E-state index contributed by atoms with van der Waals surface area (Å²) in [5.41, 5.74) is 4.07. The largest absolute Gasteiger partial charge is 0.482 e. The van der Waals surface area contributed by atoms with Crippen LogP contribution in [0.2, 0.25) is 0 Å². The van der Waals surface area contributed by atoms with Crippen LogP contribution in [0, 0.1) is 17.8 Å². The number of ether oxygens (including phenoxy) is 2. The normalized spacial score (nSPS) is 24.5. The number of amides is 1. The molecule has 0 spiro atoms. The van der Waals surface area contributed by atoms with Crippen LogP contribution in [0.4, 0.5) is 5.69 Å². The number of aromatic nitrogens is 1. The number of anilines is 1. The molecule has 4 atom stereocenters. The Morgan fingerprint density at radius 3 is 2.81 bits per heavy atom. The molecule has 1 aromatic carbocycles. The van der Waals surface area contributed by atoms with Crippen molar-refractivity contribution >= 4 is 28.9 Å². The predicted molar refractivity (Wildman–Crippen MR) is 121 cm³/mol. The molecule has 2 aromatic rings. The van der Waals surface area contributed by atoms with Crippen molar-refractivity contribution in [3.8, 4) is 17.0 Å². The lowest BCUT2D eigenvalue weighted by Gasteiger charge is -2.38. The van der Waals surface area contributed by atoms with Crippen molar-refractivity contribution in [2.45, 2.75) is 59.1 Å². The molecule has 2 aliphatic rings. The van der Waals surface area contributed by atoms with Crippen molar-refractivity contribution in [2.75, 3.05) is 11.5 Å². The molecule has 4 unspecified atom stereocenters. The van der Waals surface area contributed by atoms with Gasteiger partial charge in [0.15, 0.2) is 6.61 Å². The summed E-state index contributed by atoms with van der Waals surface area (Å²) in [6.45, 7) is 8.24. The topological polar surface area (TPSA) is 68.7 Å². The molecule has 0 N–H and O–H groups in total. The SMILES string of the molecule is CC1CCC(C(C)C)C(OC(=O)C(C)N2C(=O)COc3ccc(-c4cscn4)cc32)C1. The quantitative estimate of drug-likeness (QED) is 0.614. The highest BCUT2D eigenvalue weighted by Gasteiger charge is 2.38. The molecule has 1 aromatic heterocycles. The Morgan fingerprint density at radius 2 is 2.10 bits per heavy atom. The lowest BCUT2D eigenvalue weighted by molar-refractivity contribution is -0.158. The van der Waals surface area contributed by atoms with Gasteiger partial charge in [-0.25, -0.2) is 9.78 Å². The summed E-state index contributed by atoms with van der Waals surface area (Å²) in [6.07, 6.45) is 3.02. The molecule has 166 valence electrons. The Labute approximate surface area is 187 Å². The third-order valence-electron chi connectivity index (χ3n) is 6.52. The Balaban J connectivity index is 1.58. The standard InChI is InChI=1S/C24H30N2O4S/c1-14(2)18-7-5-15(3)9-22(18)30-24(28)16(4)26-20-10-17(19-12-31-13-25-19)6-8-21(20)29-11-23(26)27/h6,8,10,12-16,18,22H,5,7,9,11H2,1-4H3. The number of carbonyl (C=O) groups excluding carboxylic acids is 2. The van der Waals surface area contributed by atoms with Crippen molar-refractivity contribution in [3.63, 3.8) is 0 Å². The number of rotatable bonds is 5. The van der Waals surface area contributed by atoms with Gasteiger partial charge in [0, 0.05) is 10.9 Å². The Hall–Kier alpha value is -2.41. The number of thiazole rings is 1. The number of hydrogen-bond acceptors (Lipinski definition) is 6. The smallest absolute Gasteiger partial charge is 0.329 e. The fourth-order valence-electron chi connectivity index (χ4n) is 4.71. The van der Waals surface area contributed by atoms with E-state index < -0.39 is 6.04 Å². The van der Waals surface area contributed by atoms with Crippen LogP contribution in [0.5, 0.6) is 5.75 Å². The van der Waals surface area contributed by atoms with Crippen LogP contribution >= 0.6 is 11.3 Å². The van der Waals surface area contributed by atoms with E-state index in [9.17, 15) is 9.59 Å². The van der Waals surface area contributed by atoms with Crippen LogP contribution in [0.15, 0.2) is 29.1 Å². The van der Waals surface area contributed by atoms with Gasteiger partial charge in [-0.3, -0.25) is 9.69 Å². The molecule has 1 aliphatic carbocycles. The summed E-state index contributed by atoms with van der Waals surface area (Å²) in [7, 11) is 0. The van der Waals surface area contributed by atoms with E-state index in [4.69, 9.17) is 9.47 Å². The summed E-state index contributed by atoms with van der Waals surface area (Å²) in [6, 6.07) is 4.89. The fourth-order valence-corrected chi connectivity index (χ4v) is 5.27. The average Bonchev–Trinajstić information content (AvgIpc) is 3.27. The molecule has 1 aliphatic heterocycles. The maximum Gasteiger partial charge on any atom is 0.329 e. The molecular formula is C24H30N2O4S. The molecule has 1 fully saturated rings. The van der Waals surface area contributed by atoms with Crippen LogP contribution in [0.25, 0.3) is 11.3 Å². The summed E-state index contributed by atoms with van der Waals surface area (Å²) >= 11 is 1.51. The van der Waals surface area contributed by atoms with Crippen LogP contribution in [-0.2, 0) is 14.3 Å². The zero-order valence-corrected chi connectivity index (χ0v) is 19.4. The lowest BCUT2D eigenvalue weighted by atomic mass is 9.75. The van der Waals surface area contributed by atoms with Crippen molar-refractivity contribution in [1.29, 1.82) is 0 Å². The maximum atomic E-state index is 13.2. The van der Waals surface area contributed by atoms with Gasteiger partial charge in [0.25, 0.3) is 5.91 Å². The number of carbonyl (C=O) groups is 2. The maximum absolute atomic E-state index is 13.2. The number of esters is 1. The Kier molecular flexibility index (Phi) is 6.32. The van der Waals surface area contributed by atoms with E-state index in [2.05, 4.69) is 25.8 Å². The first-order valence-corrected chi connectivity index (χ1v) is 12.0. The zero-order chi connectivity index (χ0) is 22.1. The average molecular weight is 443 g/mol. The van der Waals surface area contributed by atoms with Gasteiger partial charge in [0.05, 0.1) is 16.9 Å². The van der Waals surface area contributed by atoms with Crippen LogP contribution in [-0.4, -0.2) is 35.6 Å². The van der Waals surface area contributed by atoms with Gasteiger partial charge in [-0.05, 0) is 55.7 Å².